The molecule has 0 fully saturated rings. The van der Waals surface area contributed by atoms with Gasteiger partial charge in [0.25, 0.3) is 11.8 Å². The monoisotopic (exact) mass is 383 g/mol. The zero-order chi connectivity index (χ0) is 20.5. The standard InChI is InChI=1S/C21H25N3O4/c1-4-11-24(12-5-2)20(26)18-14-15(9-10-22-18)19(25)23-17-8-6-7-16(13-17)21(27)28-3/h6-10,13-14H,4-5,11-12H2,1-3H3,(H,23,25). The van der Waals surface area contributed by atoms with Crippen molar-refractivity contribution in [3.63, 3.8) is 0 Å². The molecule has 0 aliphatic heterocycles. The van der Waals surface area contributed by atoms with Crippen molar-refractivity contribution in [3.05, 3.63) is 59.4 Å². The average Bonchev–Trinajstić information content (AvgIpc) is 2.72. The third kappa shape index (κ3) is 5.39. The van der Waals surface area contributed by atoms with Crippen LogP contribution in [0.4, 0.5) is 5.69 Å². The zero-order valence-corrected chi connectivity index (χ0v) is 16.4. The van der Waals surface area contributed by atoms with Crippen molar-refractivity contribution in [1.29, 1.82) is 0 Å². The van der Waals surface area contributed by atoms with Crippen LogP contribution >= 0.6 is 0 Å². The number of carbonyl (C=O) groups excluding carboxylic acids is 3. The lowest BCUT2D eigenvalue weighted by Gasteiger charge is -2.21. The van der Waals surface area contributed by atoms with Crippen molar-refractivity contribution in [2.45, 2.75) is 26.7 Å². The van der Waals surface area contributed by atoms with E-state index in [0.29, 0.717) is 29.9 Å². The number of benzene rings is 1. The first-order valence-corrected chi connectivity index (χ1v) is 9.25. The van der Waals surface area contributed by atoms with Crippen LogP contribution < -0.4 is 5.32 Å². The Balaban J connectivity index is 2.18. The maximum Gasteiger partial charge on any atom is 0.337 e. The first-order chi connectivity index (χ1) is 13.5. The minimum Gasteiger partial charge on any atom is -0.465 e. The fraction of sp³-hybridized carbons (Fsp3) is 0.333. The minimum atomic E-state index is -0.486. The summed E-state index contributed by atoms with van der Waals surface area (Å²) in [6.07, 6.45) is 3.15. The van der Waals surface area contributed by atoms with E-state index >= 15 is 0 Å². The molecule has 1 heterocycles. The summed E-state index contributed by atoms with van der Waals surface area (Å²) < 4.78 is 4.68. The molecule has 0 bridgehead atoms. The highest BCUT2D eigenvalue weighted by molar-refractivity contribution is 6.06. The number of pyridine rings is 1. The van der Waals surface area contributed by atoms with Crippen LogP contribution in [0.1, 0.15) is 57.9 Å². The second-order valence-corrected chi connectivity index (χ2v) is 6.25. The van der Waals surface area contributed by atoms with E-state index in [1.807, 2.05) is 13.8 Å². The minimum absolute atomic E-state index is 0.189. The SMILES string of the molecule is CCCN(CCC)C(=O)c1cc(C(=O)Nc2cccc(C(=O)OC)c2)ccn1. The van der Waals surface area contributed by atoms with Crippen molar-refractivity contribution in [2.24, 2.45) is 0 Å². The third-order valence-electron chi connectivity index (χ3n) is 4.06. The van der Waals surface area contributed by atoms with Crippen molar-refractivity contribution >= 4 is 23.5 Å². The van der Waals surface area contributed by atoms with Crippen molar-refractivity contribution in [2.75, 3.05) is 25.5 Å². The molecule has 1 aromatic carbocycles. The Morgan fingerprint density at radius 1 is 1.04 bits per heavy atom. The Bertz CT molecular complexity index is 845. The van der Waals surface area contributed by atoms with Crippen LogP contribution in [0.15, 0.2) is 42.6 Å². The van der Waals surface area contributed by atoms with E-state index < -0.39 is 11.9 Å². The Kier molecular flexibility index (Phi) is 7.68. The van der Waals surface area contributed by atoms with E-state index in [-0.39, 0.29) is 11.6 Å². The van der Waals surface area contributed by atoms with Crippen LogP contribution in [0.3, 0.4) is 0 Å². The smallest absolute Gasteiger partial charge is 0.337 e. The highest BCUT2D eigenvalue weighted by atomic mass is 16.5. The Morgan fingerprint density at radius 3 is 2.39 bits per heavy atom. The normalized spacial score (nSPS) is 10.2. The van der Waals surface area contributed by atoms with Crippen molar-refractivity contribution in [3.8, 4) is 0 Å². The second kappa shape index (κ2) is 10.2. The number of hydrogen-bond acceptors (Lipinski definition) is 5. The Labute approximate surface area is 164 Å². The molecule has 0 aliphatic rings. The summed E-state index contributed by atoms with van der Waals surface area (Å²) in [7, 11) is 1.30. The van der Waals surface area contributed by atoms with Gasteiger partial charge in [-0.3, -0.25) is 14.6 Å². The fourth-order valence-corrected chi connectivity index (χ4v) is 2.75. The van der Waals surface area contributed by atoms with Gasteiger partial charge in [-0.2, -0.15) is 0 Å². The maximum absolute atomic E-state index is 12.7. The number of aromatic nitrogens is 1. The lowest BCUT2D eigenvalue weighted by atomic mass is 10.1. The molecule has 148 valence electrons. The highest BCUT2D eigenvalue weighted by Gasteiger charge is 2.18. The van der Waals surface area contributed by atoms with Gasteiger partial charge in [0.2, 0.25) is 0 Å². The average molecular weight is 383 g/mol. The molecule has 28 heavy (non-hydrogen) atoms. The number of amides is 2. The molecular weight excluding hydrogens is 358 g/mol. The first kappa shape index (κ1) is 21.1. The molecule has 1 aromatic heterocycles. The summed E-state index contributed by atoms with van der Waals surface area (Å²) in [5.41, 5.74) is 1.34. The highest BCUT2D eigenvalue weighted by Crippen LogP contribution is 2.14. The summed E-state index contributed by atoms with van der Waals surface area (Å²) >= 11 is 0. The Hall–Kier alpha value is -3.22. The van der Waals surface area contributed by atoms with Crippen molar-refractivity contribution in [1.82, 2.24) is 9.88 Å². The summed E-state index contributed by atoms with van der Waals surface area (Å²) in [6, 6.07) is 9.47. The van der Waals surface area contributed by atoms with E-state index in [9.17, 15) is 14.4 Å². The Morgan fingerprint density at radius 2 is 1.75 bits per heavy atom. The van der Waals surface area contributed by atoms with E-state index in [4.69, 9.17) is 0 Å². The number of rotatable bonds is 8. The number of methoxy groups -OCH3 is 1. The number of anilines is 1. The molecule has 0 saturated heterocycles. The number of hydrogen-bond donors (Lipinski definition) is 1. The van der Waals surface area contributed by atoms with Crippen LogP contribution in [0, 0.1) is 0 Å². The van der Waals surface area contributed by atoms with E-state index in [0.717, 1.165) is 12.8 Å². The predicted molar refractivity (Wildman–Crippen MR) is 106 cm³/mol. The molecule has 0 atom stereocenters. The number of esters is 1. The van der Waals surface area contributed by atoms with Crippen molar-refractivity contribution < 1.29 is 19.1 Å². The quantitative estimate of drug-likeness (QED) is 0.706. The third-order valence-corrected chi connectivity index (χ3v) is 4.06. The van der Waals surface area contributed by atoms with Gasteiger partial charge in [-0.15, -0.1) is 0 Å². The summed E-state index contributed by atoms with van der Waals surface area (Å²) in [4.78, 5) is 42.8. The number of nitrogens with zero attached hydrogens (tertiary/aromatic N) is 2. The molecule has 0 spiro atoms. The van der Waals surface area contributed by atoms with Gasteiger partial charge in [0.05, 0.1) is 12.7 Å². The number of nitrogens with one attached hydrogen (secondary N) is 1. The summed E-state index contributed by atoms with van der Waals surface area (Å²) in [6.45, 7) is 5.31. The molecular formula is C21H25N3O4. The fourth-order valence-electron chi connectivity index (χ4n) is 2.75. The van der Waals surface area contributed by atoms with Gasteiger partial charge in [-0.05, 0) is 43.2 Å². The molecule has 2 rings (SSSR count). The second-order valence-electron chi connectivity index (χ2n) is 6.25. The maximum atomic E-state index is 12.7. The predicted octanol–water partition coefficient (Wildman–Crippen LogP) is 3.38. The first-order valence-electron chi connectivity index (χ1n) is 9.25. The van der Waals surface area contributed by atoms with Gasteiger partial charge < -0.3 is 15.0 Å². The molecule has 0 unspecified atom stereocenters. The molecule has 0 aliphatic carbocycles. The lowest BCUT2D eigenvalue weighted by Crippen LogP contribution is -2.33. The van der Waals surface area contributed by atoms with Gasteiger partial charge in [0.1, 0.15) is 5.69 Å². The largest absolute Gasteiger partial charge is 0.465 e. The van der Waals surface area contributed by atoms with Crippen LogP contribution in [-0.2, 0) is 4.74 Å². The van der Waals surface area contributed by atoms with Gasteiger partial charge in [-0.25, -0.2) is 4.79 Å². The molecule has 7 heteroatoms. The lowest BCUT2D eigenvalue weighted by molar-refractivity contribution is 0.0600. The van der Waals surface area contributed by atoms with Gasteiger partial charge in [0.15, 0.2) is 0 Å². The number of ether oxygens (including phenoxy) is 1. The molecule has 2 aromatic rings. The molecule has 2 amide bonds. The molecule has 0 saturated carbocycles. The van der Waals surface area contributed by atoms with Crippen LogP contribution in [0.2, 0.25) is 0 Å². The summed E-state index contributed by atoms with van der Waals surface area (Å²) in [5, 5.41) is 2.72. The summed E-state index contributed by atoms with van der Waals surface area (Å²) in [5.74, 6) is -1.07. The van der Waals surface area contributed by atoms with Crippen LogP contribution in [0.25, 0.3) is 0 Å². The number of carbonyl (C=O) groups is 3. The van der Waals surface area contributed by atoms with E-state index in [2.05, 4.69) is 15.0 Å². The van der Waals surface area contributed by atoms with Gasteiger partial charge >= 0.3 is 5.97 Å². The molecule has 1 N–H and O–H groups in total. The van der Waals surface area contributed by atoms with Crippen LogP contribution in [0.5, 0.6) is 0 Å². The van der Waals surface area contributed by atoms with E-state index in [1.54, 1.807) is 29.2 Å². The van der Waals surface area contributed by atoms with Gasteiger partial charge in [-0.1, -0.05) is 19.9 Å². The van der Waals surface area contributed by atoms with Crippen LogP contribution in [-0.4, -0.2) is 47.9 Å². The molecule has 0 radical (unpaired) electrons. The van der Waals surface area contributed by atoms with Gasteiger partial charge in [0, 0.05) is 30.5 Å². The molecule has 7 nitrogen and oxygen atoms in total. The zero-order valence-electron chi connectivity index (χ0n) is 16.4. The topological polar surface area (TPSA) is 88.6 Å². The van der Waals surface area contributed by atoms with E-state index in [1.165, 1.54) is 25.4 Å².